The molecule has 0 unspecified atom stereocenters. The number of hydrogen-bond donors (Lipinski definition) is 0. The molecule has 0 atom stereocenters. The molecule has 0 aliphatic heterocycles. The van der Waals surface area contributed by atoms with E-state index < -0.39 is 0 Å². The van der Waals surface area contributed by atoms with Crippen LogP contribution in [0.2, 0.25) is 0 Å². The molecule has 6 heteroatoms. The standard InChI is InChI=1S/C28H38Br2S4/c1-3-5-7-9-11-13-15-17-19-21-23(33-27(19)29)25-26(31-21)24-22(32-25)20(28(30)34-24)18-16-14-12-10-8-6-4-2/h3-18H2,1-2H3. The maximum Gasteiger partial charge on any atom is 0.0751 e. The molecule has 0 fully saturated rings. The van der Waals surface area contributed by atoms with Gasteiger partial charge in [0.25, 0.3) is 0 Å². The molecule has 0 amide bonds. The molecule has 188 valence electrons. The van der Waals surface area contributed by atoms with Gasteiger partial charge >= 0.3 is 0 Å². The molecular formula is C28H38Br2S4. The lowest BCUT2D eigenvalue weighted by atomic mass is 10.1. The first kappa shape index (κ1) is 27.6. The van der Waals surface area contributed by atoms with Crippen LogP contribution in [0.4, 0.5) is 0 Å². The molecule has 0 bridgehead atoms. The Morgan fingerprint density at radius 3 is 1.12 bits per heavy atom. The molecule has 4 rings (SSSR count). The number of aryl methyl sites for hydroxylation is 2. The summed E-state index contributed by atoms with van der Waals surface area (Å²) in [5.74, 6) is 0. The lowest BCUT2D eigenvalue weighted by molar-refractivity contribution is 0.590. The van der Waals surface area contributed by atoms with Crippen molar-refractivity contribution in [3.8, 4) is 0 Å². The van der Waals surface area contributed by atoms with E-state index in [2.05, 4.69) is 68.4 Å². The average Bonchev–Trinajstić information content (AvgIpc) is 3.51. The number of rotatable bonds is 16. The van der Waals surface area contributed by atoms with Gasteiger partial charge in [0.15, 0.2) is 0 Å². The molecule has 0 nitrogen and oxygen atoms in total. The van der Waals surface area contributed by atoms with Crippen LogP contribution in [-0.4, -0.2) is 0 Å². The zero-order valence-corrected chi connectivity index (χ0v) is 27.1. The number of halogens is 2. The van der Waals surface area contributed by atoms with E-state index in [9.17, 15) is 0 Å². The maximum absolute atomic E-state index is 3.93. The molecule has 0 aliphatic rings. The minimum atomic E-state index is 1.23. The molecule has 0 saturated heterocycles. The normalized spacial score (nSPS) is 12.2. The average molecular weight is 663 g/mol. The van der Waals surface area contributed by atoms with Gasteiger partial charge in [-0.05, 0) is 68.7 Å². The van der Waals surface area contributed by atoms with E-state index in [1.165, 1.54) is 120 Å². The number of unbranched alkanes of at least 4 members (excludes halogenated alkanes) is 12. The molecule has 0 aromatic carbocycles. The van der Waals surface area contributed by atoms with Gasteiger partial charge in [-0.2, -0.15) is 0 Å². The minimum absolute atomic E-state index is 1.23. The van der Waals surface area contributed by atoms with Crippen molar-refractivity contribution in [1.82, 2.24) is 0 Å². The Kier molecular flexibility index (Phi) is 11.3. The second-order valence-electron chi connectivity index (χ2n) is 9.63. The van der Waals surface area contributed by atoms with Crippen molar-refractivity contribution in [2.75, 3.05) is 0 Å². The highest BCUT2D eigenvalue weighted by molar-refractivity contribution is 9.11. The van der Waals surface area contributed by atoms with Crippen molar-refractivity contribution < 1.29 is 0 Å². The fourth-order valence-corrected chi connectivity index (χ4v) is 12.6. The third kappa shape index (κ3) is 6.51. The highest BCUT2D eigenvalue weighted by atomic mass is 79.9. The van der Waals surface area contributed by atoms with E-state index in [1.54, 1.807) is 29.9 Å². The van der Waals surface area contributed by atoms with E-state index in [0.717, 1.165) is 0 Å². The van der Waals surface area contributed by atoms with E-state index in [1.807, 2.05) is 22.7 Å². The molecule has 4 aromatic rings. The summed E-state index contributed by atoms with van der Waals surface area (Å²) in [5, 5.41) is 0. The lowest BCUT2D eigenvalue weighted by Gasteiger charge is -2.02. The smallest absolute Gasteiger partial charge is 0.0751 e. The number of thiophene rings is 4. The van der Waals surface area contributed by atoms with E-state index >= 15 is 0 Å². The van der Waals surface area contributed by atoms with E-state index in [0.29, 0.717) is 0 Å². The number of hydrogen-bond acceptors (Lipinski definition) is 4. The summed E-state index contributed by atoms with van der Waals surface area (Å²) >= 11 is 15.9. The molecule has 0 radical (unpaired) electrons. The molecule has 0 spiro atoms. The molecule has 34 heavy (non-hydrogen) atoms. The van der Waals surface area contributed by atoms with Crippen LogP contribution < -0.4 is 0 Å². The summed E-state index contributed by atoms with van der Waals surface area (Å²) < 4.78 is 12.0. The summed E-state index contributed by atoms with van der Waals surface area (Å²) in [6.07, 6.45) is 21.8. The van der Waals surface area contributed by atoms with Gasteiger partial charge < -0.3 is 0 Å². The molecule has 0 N–H and O–H groups in total. The molecule has 4 heterocycles. The third-order valence-electron chi connectivity index (χ3n) is 6.91. The first-order valence-electron chi connectivity index (χ1n) is 13.4. The predicted octanol–water partition coefficient (Wildman–Crippen LogP) is 13.5. The molecule has 0 saturated carbocycles. The molecule has 4 aromatic heterocycles. The maximum atomic E-state index is 3.93. The summed E-state index contributed by atoms with van der Waals surface area (Å²) in [5.41, 5.74) is 3.16. The van der Waals surface area contributed by atoms with Crippen molar-refractivity contribution in [3.05, 3.63) is 18.7 Å². The van der Waals surface area contributed by atoms with Crippen LogP contribution in [0.1, 0.15) is 115 Å². The third-order valence-corrected chi connectivity index (χ3v) is 14.1. The van der Waals surface area contributed by atoms with Crippen molar-refractivity contribution in [3.63, 3.8) is 0 Å². The van der Waals surface area contributed by atoms with Gasteiger partial charge in [0, 0.05) is 0 Å². The van der Waals surface area contributed by atoms with Gasteiger partial charge in [-0.3, -0.25) is 0 Å². The Morgan fingerprint density at radius 1 is 0.412 bits per heavy atom. The first-order valence-corrected chi connectivity index (χ1v) is 18.2. The Bertz CT molecular complexity index is 1080. The van der Waals surface area contributed by atoms with Crippen molar-refractivity contribution in [1.29, 1.82) is 0 Å². The van der Waals surface area contributed by atoms with Crippen molar-refractivity contribution in [2.45, 2.75) is 117 Å². The van der Waals surface area contributed by atoms with Crippen LogP contribution in [-0.2, 0) is 12.8 Å². The van der Waals surface area contributed by atoms with Crippen LogP contribution in [0.5, 0.6) is 0 Å². The van der Waals surface area contributed by atoms with Crippen LogP contribution in [0.25, 0.3) is 28.2 Å². The van der Waals surface area contributed by atoms with Gasteiger partial charge in [-0.25, -0.2) is 0 Å². The van der Waals surface area contributed by atoms with E-state index in [4.69, 9.17) is 0 Å². The summed E-state index contributed by atoms with van der Waals surface area (Å²) in [6.45, 7) is 4.59. The minimum Gasteiger partial charge on any atom is -0.131 e. The van der Waals surface area contributed by atoms with Gasteiger partial charge in [0.2, 0.25) is 0 Å². The van der Waals surface area contributed by atoms with Crippen LogP contribution in [0.15, 0.2) is 7.57 Å². The fourth-order valence-electron chi connectivity index (χ4n) is 4.90. The van der Waals surface area contributed by atoms with Crippen molar-refractivity contribution in [2.24, 2.45) is 0 Å². The SMILES string of the molecule is CCCCCCCCCc1c(Br)sc2c1sc1c3sc(Br)c(CCCCCCCCC)c3sc21. The fraction of sp³-hybridized carbons (Fsp3) is 0.643. The predicted molar refractivity (Wildman–Crippen MR) is 169 cm³/mol. The monoisotopic (exact) mass is 660 g/mol. The molecular weight excluding hydrogens is 624 g/mol. The Labute approximate surface area is 238 Å². The largest absolute Gasteiger partial charge is 0.131 e. The molecule has 0 aliphatic carbocycles. The Hall–Kier alpha value is 0.540. The van der Waals surface area contributed by atoms with Crippen LogP contribution in [0, 0.1) is 0 Å². The summed E-state index contributed by atoms with van der Waals surface area (Å²) in [4.78, 5) is 0. The van der Waals surface area contributed by atoms with Gasteiger partial charge in [-0.15, -0.1) is 45.3 Å². The second kappa shape index (κ2) is 13.9. The van der Waals surface area contributed by atoms with Crippen LogP contribution >= 0.6 is 77.2 Å². The number of fused-ring (bicyclic) bond motifs is 5. The lowest BCUT2D eigenvalue weighted by Crippen LogP contribution is -1.85. The highest BCUT2D eigenvalue weighted by Gasteiger charge is 2.22. The van der Waals surface area contributed by atoms with Crippen LogP contribution in [0.3, 0.4) is 0 Å². The summed E-state index contributed by atoms with van der Waals surface area (Å²) in [7, 11) is 0. The zero-order valence-electron chi connectivity index (χ0n) is 20.7. The Balaban J connectivity index is 1.43. The van der Waals surface area contributed by atoms with Crippen molar-refractivity contribution >= 4 is 105 Å². The van der Waals surface area contributed by atoms with Gasteiger partial charge in [0.1, 0.15) is 0 Å². The van der Waals surface area contributed by atoms with Gasteiger partial charge in [0.05, 0.1) is 35.8 Å². The van der Waals surface area contributed by atoms with Gasteiger partial charge in [-0.1, -0.05) is 90.9 Å². The topological polar surface area (TPSA) is 0 Å². The Morgan fingerprint density at radius 2 is 0.735 bits per heavy atom. The highest BCUT2D eigenvalue weighted by Crippen LogP contribution is 2.54. The second-order valence-corrected chi connectivity index (χ2v) is 16.3. The quantitative estimate of drug-likeness (QED) is 0.105. The zero-order chi connectivity index (χ0) is 23.9. The first-order chi connectivity index (χ1) is 16.7. The van der Waals surface area contributed by atoms with E-state index in [-0.39, 0.29) is 0 Å². The summed E-state index contributed by atoms with van der Waals surface area (Å²) in [6, 6.07) is 0.